The molecule has 1 saturated heterocycles. The van der Waals surface area contributed by atoms with Crippen LogP contribution >= 0.6 is 24.0 Å². The third-order valence-corrected chi connectivity index (χ3v) is 6.07. The zero-order valence-electron chi connectivity index (χ0n) is 16.3. The minimum Gasteiger partial charge on any atom is -0.457 e. The second-order valence-electron chi connectivity index (χ2n) is 6.75. The maximum atomic E-state index is 11.9. The van der Waals surface area contributed by atoms with Crippen LogP contribution in [0.1, 0.15) is 12.8 Å². The van der Waals surface area contributed by atoms with Crippen LogP contribution in [-0.4, -0.2) is 44.4 Å². The molecule has 1 amide bonds. The van der Waals surface area contributed by atoms with Crippen LogP contribution in [0.25, 0.3) is 0 Å². The van der Waals surface area contributed by atoms with Crippen LogP contribution in [0.5, 0.6) is 11.5 Å². The number of anilines is 1. The number of benzene rings is 2. The van der Waals surface area contributed by atoms with E-state index in [9.17, 15) is 13.2 Å². The second-order valence-corrected chi connectivity index (χ2v) is 8.98. The van der Waals surface area contributed by atoms with Gasteiger partial charge in [-0.3, -0.25) is 9.79 Å². The van der Waals surface area contributed by atoms with Gasteiger partial charge in [0.15, 0.2) is 15.8 Å². The largest absolute Gasteiger partial charge is 0.457 e. The van der Waals surface area contributed by atoms with Crippen molar-refractivity contribution in [3.63, 3.8) is 0 Å². The van der Waals surface area contributed by atoms with E-state index in [4.69, 9.17) is 10.5 Å². The molecule has 1 fully saturated rings. The number of halogens is 1. The van der Waals surface area contributed by atoms with Gasteiger partial charge in [-0.25, -0.2) is 8.42 Å². The molecule has 1 heterocycles. The number of nitrogens with zero attached hydrogens (tertiary/aromatic N) is 1. The zero-order valence-corrected chi connectivity index (χ0v) is 19.4. The summed E-state index contributed by atoms with van der Waals surface area (Å²) in [6, 6.07) is 16.4. The molecule has 1 unspecified atom stereocenters. The Balaban J connectivity index is 0.00000320. The number of hydrogen-bond acceptors (Lipinski definition) is 5. The van der Waals surface area contributed by atoms with Crippen LogP contribution in [0.4, 0.5) is 5.69 Å². The lowest BCUT2D eigenvalue weighted by molar-refractivity contribution is -0.121. The van der Waals surface area contributed by atoms with E-state index in [1.165, 1.54) is 0 Å². The number of carbonyl (C=O) groups is 1. The fraction of sp³-hybridized carbons (Fsp3) is 0.300. The number of nitrogens with two attached hydrogens (primary N) is 1. The van der Waals surface area contributed by atoms with Gasteiger partial charge in [-0.05, 0) is 30.7 Å². The Morgan fingerprint density at radius 2 is 1.87 bits per heavy atom. The number of para-hydroxylation sites is 1. The van der Waals surface area contributed by atoms with Crippen molar-refractivity contribution >= 4 is 51.4 Å². The first-order valence-electron chi connectivity index (χ1n) is 9.29. The molecule has 1 atom stereocenters. The molecule has 4 N–H and O–H groups in total. The maximum absolute atomic E-state index is 11.9. The Morgan fingerprint density at radius 1 is 1.13 bits per heavy atom. The maximum Gasteiger partial charge on any atom is 0.222 e. The Morgan fingerprint density at radius 3 is 2.57 bits per heavy atom. The third kappa shape index (κ3) is 7.82. The monoisotopic (exact) mass is 544 g/mol. The van der Waals surface area contributed by atoms with Gasteiger partial charge in [-0.15, -0.1) is 24.0 Å². The van der Waals surface area contributed by atoms with Gasteiger partial charge in [0.05, 0.1) is 18.1 Å². The first-order valence-corrected chi connectivity index (χ1v) is 11.1. The van der Waals surface area contributed by atoms with Gasteiger partial charge in [0, 0.05) is 24.2 Å². The van der Waals surface area contributed by atoms with Gasteiger partial charge in [0.1, 0.15) is 11.5 Å². The average molecular weight is 544 g/mol. The smallest absolute Gasteiger partial charge is 0.222 e. The van der Waals surface area contributed by atoms with E-state index < -0.39 is 9.84 Å². The molecular formula is C20H25IN4O4S. The number of aliphatic imine (C=N–C) groups is 1. The summed E-state index contributed by atoms with van der Waals surface area (Å²) in [5.74, 6) is 1.46. The number of hydrogen-bond donors (Lipinski definition) is 3. The SMILES string of the molecule is I.NC(=NCCC(=O)NC1CCS(=O)(=O)C1)Nc1cccc(Oc2ccccc2)c1. The summed E-state index contributed by atoms with van der Waals surface area (Å²) in [6.45, 7) is 0.199. The zero-order chi connectivity index (χ0) is 20.7. The van der Waals surface area contributed by atoms with Crippen LogP contribution in [0.2, 0.25) is 0 Å². The van der Waals surface area contributed by atoms with Crippen molar-refractivity contribution in [2.45, 2.75) is 18.9 Å². The molecule has 8 nitrogen and oxygen atoms in total. The van der Waals surface area contributed by atoms with Gasteiger partial charge in [0.25, 0.3) is 0 Å². The molecule has 2 aromatic carbocycles. The van der Waals surface area contributed by atoms with Crippen LogP contribution < -0.4 is 21.1 Å². The third-order valence-electron chi connectivity index (χ3n) is 4.30. The van der Waals surface area contributed by atoms with E-state index in [2.05, 4.69) is 15.6 Å². The van der Waals surface area contributed by atoms with Crippen molar-refractivity contribution in [1.82, 2.24) is 5.32 Å². The summed E-state index contributed by atoms with van der Waals surface area (Å²) in [5, 5.41) is 5.69. The molecule has 162 valence electrons. The molecule has 1 aliphatic heterocycles. The van der Waals surface area contributed by atoms with Crippen molar-refractivity contribution in [1.29, 1.82) is 0 Å². The molecule has 3 rings (SSSR count). The Bertz CT molecular complexity index is 983. The molecular weight excluding hydrogens is 519 g/mol. The van der Waals surface area contributed by atoms with Crippen LogP contribution in [0.3, 0.4) is 0 Å². The average Bonchev–Trinajstić information content (AvgIpc) is 3.01. The van der Waals surface area contributed by atoms with Crippen molar-refractivity contribution in [2.75, 3.05) is 23.4 Å². The summed E-state index contributed by atoms with van der Waals surface area (Å²) in [6.07, 6.45) is 0.596. The number of guanidine groups is 1. The lowest BCUT2D eigenvalue weighted by Crippen LogP contribution is -2.36. The van der Waals surface area contributed by atoms with Crippen LogP contribution in [-0.2, 0) is 14.6 Å². The number of sulfone groups is 1. The van der Waals surface area contributed by atoms with E-state index in [0.717, 1.165) is 5.75 Å². The van der Waals surface area contributed by atoms with Gasteiger partial charge in [-0.1, -0.05) is 24.3 Å². The standard InChI is InChI=1S/C20H24N4O4S.HI/c21-20(22-11-9-19(25)23-16-10-12-29(26,27)14-16)24-15-5-4-8-18(13-15)28-17-6-2-1-3-7-17;/h1-8,13,16H,9-12,14H2,(H,23,25)(H3,21,22,24);1H. The number of ether oxygens (including phenoxy) is 1. The first-order chi connectivity index (χ1) is 13.9. The van der Waals surface area contributed by atoms with E-state index in [1.54, 1.807) is 6.07 Å². The molecule has 1 aliphatic rings. The predicted octanol–water partition coefficient (Wildman–Crippen LogP) is 2.52. The fourth-order valence-electron chi connectivity index (χ4n) is 2.94. The number of rotatable bonds is 7. The summed E-state index contributed by atoms with van der Waals surface area (Å²) in [5.41, 5.74) is 6.59. The van der Waals surface area contributed by atoms with Gasteiger partial charge < -0.3 is 21.1 Å². The summed E-state index contributed by atoms with van der Waals surface area (Å²) >= 11 is 0. The summed E-state index contributed by atoms with van der Waals surface area (Å²) in [4.78, 5) is 16.1. The van der Waals surface area contributed by atoms with E-state index >= 15 is 0 Å². The molecule has 2 aromatic rings. The van der Waals surface area contributed by atoms with Crippen molar-refractivity contribution in [2.24, 2.45) is 10.7 Å². The second kappa shape index (κ2) is 11.2. The van der Waals surface area contributed by atoms with Crippen molar-refractivity contribution < 1.29 is 17.9 Å². The highest BCUT2D eigenvalue weighted by atomic mass is 127. The van der Waals surface area contributed by atoms with E-state index in [-0.39, 0.29) is 66.4 Å². The fourth-order valence-corrected chi connectivity index (χ4v) is 4.61. The highest BCUT2D eigenvalue weighted by Crippen LogP contribution is 2.23. The Labute approximate surface area is 193 Å². The van der Waals surface area contributed by atoms with Gasteiger partial charge in [0.2, 0.25) is 5.91 Å². The number of carbonyl (C=O) groups excluding carboxylic acids is 1. The normalized spacial score (nSPS) is 17.6. The van der Waals surface area contributed by atoms with Gasteiger partial charge >= 0.3 is 0 Å². The molecule has 30 heavy (non-hydrogen) atoms. The topological polar surface area (TPSA) is 123 Å². The predicted molar refractivity (Wildman–Crippen MR) is 128 cm³/mol. The van der Waals surface area contributed by atoms with Gasteiger partial charge in [-0.2, -0.15) is 0 Å². The van der Waals surface area contributed by atoms with Crippen molar-refractivity contribution in [3.05, 3.63) is 54.6 Å². The Kier molecular flexibility index (Phi) is 8.90. The molecule has 0 aromatic heterocycles. The molecule has 0 saturated carbocycles. The lowest BCUT2D eigenvalue weighted by Gasteiger charge is -2.10. The first kappa shape index (κ1) is 23.9. The molecule has 10 heteroatoms. The highest BCUT2D eigenvalue weighted by molar-refractivity contribution is 14.0. The highest BCUT2D eigenvalue weighted by Gasteiger charge is 2.28. The van der Waals surface area contributed by atoms with Crippen LogP contribution in [0, 0.1) is 0 Å². The minimum atomic E-state index is -3.02. The minimum absolute atomic E-state index is 0. The number of nitrogens with one attached hydrogen (secondary N) is 2. The van der Waals surface area contributed by atoms with E-state index in [0.29, 0.717) is 17.9 Å². The van der Waals surface area contributed by atoms with E-state index in [1.807, 2.05) is 48.5 Å². The quantitative estimate of drug-likeness (QED) is 0.280. The summed E-state index contributed by atoms with van der Waals surface area (Å²) < 4.78 is 28.6. The van der Waals surface area contributed by atoms with Crippen molar-refractivity contribution in [3.8, 4) is 11.5 Å². The molecule has 0 aliphatic carbocycles. The summed E-state index contributed by atoms with van der Waals surface area (Å²) in [7, 11) is -3.02. The molecule has 0 radical (unpaired) electrons. The molecule has 0 bridgehead atoms. The number of amides is 1. The Hall–Kier alpha value is -2.34. The van der Waals surface area contributed by atoms with Crippen LogP contribution in [0.15, 0.2) is 59.6 Å². The molecule has 0 spiro atoms. The lowest BCUT2D eigenvalue weighted by atomic mass is 10.2.